The Morgan fingerprint density at radius 3 is 2.84 bits per heavy atom. The highest BCUT2D eigenvalue weighted by Gasteiger charge is 2.29. The lowest BCUT2D eigenvalue weighted by molar-refractivity contribution is 0.0935. The number of carbonyl (C=O) groups is 1. The van der Waals surface area contributed by atoms with Gasteiger partial charge < -0.3 is 9.84 Å². The van der Waals surface area contributed by atoms with Gasteiger partial charge in [0, 0.05) is 31.1 Å². The van der Waals surface area contributed by atoms with Crippen molar-refractivity contribution in [2.75, 3.05) is 0 Å². The van der Waals surface area contributed by atoms with E-state index in [4.69, 9.17) is 4.52 Å². The van der Waals surface area contributed by atoms with Crippen LogP contribution in [0.25, 0.3) is 11.4 Å². The fourth-order valence-corrected chi connectivity index (χ4v) is 5.02. The van der Waals surface area contributed by atoms with Crippen LogP contribution in [0.4, 0.5) is 0 Å². The Hall–Kier alpha value is -2.96. The van der Waals surface area contributed by atoms with Crippen LogP contribution in [-0.4, -0.2) is 25.8 Å². The van der Waals surface area contributed by atoms with Crippen molar-refractivity contribution in [2.45, 2.75) is 70.3 Å². The summed E-state index contributed by atoms with van der Waals surface area (Å²) >= 11 is 0. The first-order valence-corrected chi connectivity index (χ1v) is 11.4. The quantitative estimate of drug-likeness (QED) is 0.658. The highest BCUT2D eigenvalue weighted by atomic mass is 16.5. The molecule has 2 aliphatic carbocycles. The summed E-state index contributed by atoms with van der Waals surface area (Å²) in [5.74, 6) is 1.66. The molecule has 2 aliphatic rings. The van der Waals surface area contributed by atoms with Crippen molar-refractivity contribution in [3.8, 4) is 11.4 Å². The number of aromatic nitrogens is 4. The number of amides is 1. The summed E-state index contributed by atoms with van der Waals surface area (Å²) in [6.45, 7) is 2.00. The van der Waals surface area contributed by atoms with E-state index in [1.165, 1.54) is 30.4 Å². The number of aryl methyl sites for hydroxylation is 3. The van der Waals surface area contributed by atoms with E-state index in [1.807, 2.05) is 26.2 Å². The molecule has 162 valence electrons. The molecule has 1 aromatic carbocycles. The van der Waals surface area contributed by atoms with Gasteiger partial charge >= 0.3 is 0 Å². The van der Waals surface area contributed by atoms with Gasteiger partial charge in [0.1, 0.15) is 0 Å². The van der Waals surface area contributed by atoms with Gasteiger partial charge in [0.25, 0.3) is 5.91 Å². The SMILES string of the molecule is CCc1nc(-c2ccc3c(c2)CC[C@H]3NC(=O)c2cn(C)nc2C2CCCCC2)no1. The Balaban J connectivity index is 1.34. The first-order chi connectivity index (χ1) is 15.1. The molecule has 0 spiro atoms. The Labute approximate surface area is 182 Å². The largest absolute Gasteiger partial charge is 0.345 e. The molecule has 0 unspecified atom stereocenters. The molecule has 1 N–H and O–H groups in total. The standard InChI is InChI=1S/C24H29N5O2/c1-3-21-26-23(28-31-21)17-9-11-18-16(13-17)10-12-20(18)25-24(30)19-14-29(2)27-22(19)15-7-5-4-6-8-15/h9,11,13-15,20H,3-8,10,12H2,1-2H3,(H,25,30)/t20-/m1/s1. The lowest BCUT2D eigenvalue weighted by atomic mass is 9.85. The molecule has 2 aromatic heterocycles. The summed E-state index contributed by atoms with van der Waals surface area (Å²) in [4.78, 5) is 17.6. The number of hydrogen-bond acceptors (Lipinski definition) is 5. The lowest BCUT2D eigenvalue weighted by Gasteiger charge is -2.21. The van der Waals surface area contributed by atoms with Crippen molar-refractivity contribution in [1.82, 2.24) is 25.2 Å². The smallest absolute Gasteiger partial charge is 0.255 e. The number of hydrogen-bond donors (Lipinski definition) is 1. The van der Waals surface area contributed by atoms with Crippen LogP contribution in [0, 0.1) is 0 Å². The van der Waals surface area contributed by atoms with Crippen molar-refractivity contribution in [3.05, 3.63) is 52.7 Å². The van der Waals surface area contributed by atoms with Gasteiger partial charge in [-0.25, -0.2) is 0 Å². The minimum Gasteiger partial charge on any atom is -0.345 e. The predicted octanol–water partition coefficient (Wildman–Crippen LogP) is 4.50. The van der Waals surface area contributed by atoms with Crippen LogP contribution in [0.5, 0.6) is 0 Å². The molecule has 0 saturated heterocycles. The zero-order chi connectivity index (χ0) is 21.4. The van der Waals surface area contributed by atoms with Gasteiger partial charge in [0.2, 0.25) is 11.7 Å². The van der Waals surface area contributed by atoms with Gasteiger partial charge in [-0.15, -0.1) is 0 Å². The maximum Gasteiger partial charge on any atom is 0.255 e. The number of benzene rings is 1. The van der Waals surface area contributed by atoms with Crippen LogP contribution in [0.1, 0.15) is 90.5 Å². The topological polar surface area (TPSA) is 85.8 Å². The average molecular weight is 420 g/mol. The zero-order valence-electron chi connectivity index (χ0n) is 18.2. The van der Waals surface area contributed by atoms with Gasteiger partial charge in [-0.05, 0) is 42.9 Å². The van der Waals surface area contributed by atoms with Crippen molar-refractivity contribution < 1.29 is 9.32 Å². The van der Waals surface area contributed by atoms with E-state index in [2.05, 4.69) is 32.7 Å². The number of nitrogens with zero attached hydrogens (tertiary/aromatic N) is 4. The van der Waals surface area contributed by atoms with Crippen LogP contribution < -0.4 is 5.32 Å². The van der Waals surface area contributed by atoms with Gasteiger partial charge in [-0.2, -0.15) is 10.1 Å². The summed E-state index contributed by atoms with van der Waals surface area (Å²) < 4.78 is 7.03. The van der Waals surface area contributed by atoms with Gasteiger partial charge in [0.15, 0.2) is 0 Å². The molecule has 3 aromatic rings. The van der Waals surface area contributed by atoms with E-state index in [-0.39, 0.29) is 11.9 Å². The molecule has 7 heteroatoms. The second kappa shape index (κ2) is 8.29. The van der Waals surface area contributed by atoms with Crippen LogP contribution in [0.15, 0.2) is 28.9 Å². The fourth-order valence-electron chi connectivity index (χ4n) is 5.02. The van der Waals surface area contributed by atoms with E-state index in [1.54, 1.807) is 4.68 Å². The molecule has 31 heavy (non-hydrogen) atoms. The molecule has 7 nitrogen and oxygen atoms in total. The van der Waals surface area contributed by atoms with Crippen molar-refractivity contribution in [2.24, 2.45) is 7.05 Å². The third-order valence-electron chi connectivity index (χ3n) is 6.65. The molecule has 1 fully saturated rings. The lowest BCUT2D eigenvalue weighted by Crippen LogP contribution is -2.28. The molecular weight excluding hydrogens is 390 g/mol. The molecule has 0 radical (unpaired) electrons. The highest BCUT2D eigenvalue weighted by molar-refractivity contribution is 5.95. The normalized spacial score (nSPS) is 18.8. The maximum absolute atomic E-state index is 13.2. The van der Waals surface area contributed by atoms with E-state index < -0.39 is 0 Å². The number of nitrogens with one attached hydrogen (secondary N) is 1. The van der Waals surface area contributed by atoms with E-state index in [9.17, 15) is 4.79 Å². The second-order valence-electron chi connectivity index (χ2n) is 8.78. The molecule has 2 heterocycles. The number of rotatable bonds is 5. The average Bonchev–Trinajstić information content (AvgIpc) is 3.52. The third-order valence-corrected chi connectivity index (χ3v) is 6.65. The number of carbonyl (C=O) groups excluding carboxylic acids is 1. The molecule has 0 bridgehead atoms. The van der Waals surface area contributed by atoms with E-state index >= 15 is 0 Å². The van der Waals surface area contributed by atoms with Crippen LogP contribution in [0.2, 0.25) is 0 Å². The highest BCUT2D eigenvalue weighted by Crippen LogP contribution is 2.36. The van der Waals surface area contributed by atoms with Crippen molar-refractivity contribution in [1.29, 1.82) is 0 Å². The van der Waals surface area contributed by atoms with E-state index in [0.717, 1.165) is 48.9 Å². The molecule has 1 atom stereocenters. The van der Waals surface area contributed by atoms with Crippen molar-refractivity contribution >= 4 is 5.91 Å². The maximum atomic E-state index is 13.2. The first kappa shape index (κ1) is 20.0. The second-order valence-corrected chi connectivity index (χ2v) is 8.78. The van der Waals surface area contributed by atoms with Crippen LogP contribution >= 0.6 is 0 Å². The summed E-state index contributed by atoms with van der Waals surface area (Å²) in [6, 6.07) is 6.26. The van der Waals surface area contributed by atoms with Gasteiger partial charge in [-0.3, -0.25) is 9.48 Å². The zero-order valence-corrected chi connectivity index (χ0v) is 18.2. The summed E-state index contributed by atoms with van der Waals surface area (Å²) in [5.41, 5.74) is 5.08. The molecule has 1 amide bonds. The first-order valence-electron chi connectivity index (χ1n) is 11.4. The molecule has 5 rings (SSSR count). The van der Waals surface area contributed by atoms with Crippen LogP contribution in [0.3, 0.4) is 0 Å². The molecule has 0 aliphatic heterocycles. The molecule has 1 saturated carbocycles. The third kappa shape index (κ3) is 3.89. The fraction of sp³-hybridized carbons (Fsp3) is 0.500. The van der Waals surface area contributed by atoms with Gasteiger partial charge in [0.05, 0.1) is 17.3 Å². The Morgan fingerprint density at radius 1 is 1.23 bits per heavy atom. The summed E-state index contributed by atoms with van der Waals surface area (Å²) in [6.07, 6.45) is 10.4. The van der Waals surface area contributed by atoms with E-state index in [0.29, 0.717) is 17.6 Å². The minimum absolute atomic E-state index is 0.0126. The monoisotopic (exact) mass is 419 g/mol. The Morgan fingerprint density at radius 2 is 2.06 bits per heavy atom. The van der Waals surface area contributed by atoms with Crippen molar-refractivity contribution in [3.63, 3.8) is 0 Å². The predicted molar refractivity (Wildman–Crippen MR) is 117 cm³/mol. The summed E-state index contributed by atoms with van der Waals surface area (Å²) in [5, 5.41) is 12.0. The Bertz CT molecular complexity index is 1090. The minimum atomic E-state index is -0.0126. The van der Waals surface area contributed by atoms with Gasteiger partial charge in [-0.1, -0.05) is 43.5 Å². The summed E-state index contributed by atoms with van der Waals surface area (Å²) in [7, 11) is 1.90. The molecular formula is C24H29N5O2. The number of fused-ring (bicyclic) bond motifs is 1. The Kier molecular flexibility index (Phi) is 5.34. The van der Waals surface area contributed by atoms with Crippen LogP contribution in [-0.2, 0) is 19.9 Å².